The van der Waals surface area contributed by atoms with Gasteiger partial charge < -0.3 is 0 Å². The lowest BCUT2D eigenvalue weighted by molar-refractivity contribution is 1.07. The minimum absolute atomic E-state index is 0.612. The number of fused-ring (bicyclic) bond motifs is 8. The maximum Gasteiger partial charge on any atom is 0.164 e. The molecule has 0 radical (unpaired) electrons. The molecule has 2 aromatic heterocycles. The molecule has 10 rings (SSSR count). The molecule has 242 valence electrons. The highest BCUT2D eigenvalue weighted by atomic mass is 15.0. The third-order valence-electron chi connectivity index (χ3n) is 9.87. The highest BCUT2D eigenvalue weighted by molar-refractivity contribution is 6.33. The van der Waals surface area contributed by atoms with Crippen LogP contribution in [-0.4, -0.2) is 19.9 Å². The second-order valence-corrected chi connectivity index (χ2v) is 13.0. The Labute approximate surface area is 300 Å². The van der Waals surface area contributed by atoms with Crippen LogP contribution in [-0.2, 0) is 0 Å². The SMILES string of the molecule is c1ccc(-c2ccc3c(c2)nc(-c2cccc(-c4nc(-c5ccccc5)nc(-c5ccccc5)n4)c2)c2c4ccccc4c4ccccc4c32)cc1. The molecular weight excluding hydrogens is 633 g/mol. The Hall–Kier alpha value is -7.04. The van der Waals surface area contributed by atoms with Crippen LogP contribution in [0.1, 0.15) is 0 Å². The molecule has 10 aromatic rings. The zero-order chi connectivity index (χ0) is 34.4. The van der Waals surface area contributed by atoms with Crippen LogP contribution in [0.4, 0.5) is 0 Å². The van der Waals surface area contributed by atoms with Crippen molar-refractivity contribution < 1.29 is 0 Å². The first-order valence-electron chi connectivity index (χ1n) is 17.5. The summed E-state index contributed by atoms with van der Waals surface area (Å²) in [5.74, 6) is 1.88. The summed E-state index contributed by atoms with van der Waals surface area (Å²) in [5, 5.41) is 8.31. The molecule has 8 aromatic carbocycles. The summed E-state index contributed by atoms with van der Waals surface area (Å²) in [4.78, 5) is 20.5. The van der Waals surface area contributed by atoms with Crippen molar-refractivity contribution in [2.45, 2.75) is 0 Å². The number of nitrogens with zero attached hydrogens (tertiary/aromatic N) is 4. The van der Waals surface area contributed by atoms with Crippen LogP contribution in [0.2, 0.25) is 0 Å². The summed E-state index contributed by atoms with van der Waals surface area (Å²) in [6.07, 6.45) is 0. The lowest BCUT2D eigenvalue weighted by atomic mass is 9.89. The van der Waals surface area contributed by atoms with Crippen molar-refractivity contribution in [3.05, 3.63) is 182 Å². The first-order valence-corrected chi connectivity index (χ1v) is 17.5. The van der Waals surface area contributed by atoms with Crippen LogP contribution >= 0.6 is 0 Å². The predicted octanol–water partition coefficient (Wildman–Crippen LogP) is 12.2. The lowest BCUT2D eigenvalue weighted by Crippen LogP contribution is -2.00. The zero-order valence-electron chi connectivity index (χ0n) is 28.1. The average molecular weight is 663 g/mol. The predicted molar refractivity (Wildman–Crippen MR) is 215 cm³/mol. The van der Waals surface area contributed by atoms with E-state index in [9.17, 15) is 0 Å². The molecule has 0 saturated carbocycles. The summed E-state index contributed by atoms with van der Waals surface area (Å²) < 4.78 is 0. The van der Waals surface area contributed by atoms with Gasteiger partial charge in [-0.1, -0.05) is 170 Å². The largest absolute Gasteiger partial charge is 0.247 e. The molecule has 0 unspecified atom stereocenters. The van der Waals surface area contributed by atoms with Gasteiger partial charge in [0, 0.05) is 38.4 Å². The van der Waals surface area contributed by atoms with Gasteiger partial charge in [0.05, 0.1) is 11.2 Å². The number of hydrogen-bond acceptors (Lipinski definition) is 4. The van der Waals surface area contributed by atoms with Gasteiger partial charge in [-0.05, 0) is 44.8 Å². The minimum Gasteiger partial charge on any atom is -0.247 e. The molecule has 52 heavy (non-hydrogen) atoms. The van der Waals surface area contributed by atoms with E-state index in [-0.39, 0.29) is 0 Å². The molecule has 4 heteroatoms. The maximum atomic E-state index is 5.53. The van der Waals surface area contributed by atoms with Gasteiger partial charge in [0.1, 0.15) is 0 Å². The number of benzene rings is 8. The molecule has 0 amide bonds. The molecule has 0 N–H and O–H groups in total. The van der Waals surface area contributed by atoms with E-state index in [0.717, 1.165) is 55.4 Å². The van der Waals surface area contributed by atoms with Crippen LogP contribution in [0, 0.1) is 0 Å². The van der Waals surface area contributed by atoms with Crippen LogP contribution in [0.5, 0.6) is 0 Å². The fraction of sp³-hybridized carbons (Fsp3) is 0. The summed E-state index contributed by atoms with van der Waals surface area (Å²) in [5.41, 5.74) is 7.95. The van der Waals surface area contributed by atoms with E-state index in [1.54, 1.807) is 0 Å². The second kappa shape index (κ2) is 12.4. The first-order chi connectivity index (χ1) is 25.8. The summed E-state index contributed by atoms with van der Waals surface area (Å²) >= 11 is 0. The van der Waals surface area contributed by atoms with Crippen LogP contribution in [0.3, 0.4) is 0 Å². The fourth-order valence-electron chi connectivity index (χ4n) is 7.44. The van der Waals surface area contributed by atoms with Crippen molar-refractivity contribution in [2.75, 3.05) is 0 Å². The third kappa shape index (κ3) is 5.09. The van der Waals surface area contributed by atoms with E-state index in [1.807, 2.05) is 60.7 Å². The Balaban J connectivity index is 1.26. The Bertz CT molecular complexity index is 2880. The fourth-order valence-corrected chi connectivity index (χ4v) is 7.44. The number of pyridine rings is 1. The molecule has 0 fully saturated rings. The molecule has 2 heterocycles. The lowest BCUT2D eigenvalue weighted by Gasteiger charge is -2.17. The number of aromatic nitrogens is 4. The zero-order valence-corrected chi connectivity index (χ0v) is 28.1. The maximum absolute atomic E-state index is 5.53. The molecule has 0 saturated heterocycles. The average Bonchev–Trinajstić information content (AvgIpc) is 3.24. The topological polar surface area (TPSA) is 51.6 Å². The van der Waals surface area contributed by atoms with Gasteiger partial charge in [0.2, 0.25) is 0 Å². The number of hydrogen-bond donors (Lipinski definition) is 0. The highest BCUT2D eigenvalue weighted by Gasteiger charge is 2.19. The molecule has 0 spiro atoms. The normalized spacial score (nSPS) is 11.5. The molecule has 0 aliphatic rings. The Morgan fingerprint density at radius 3 is 1.31 bits per heavy atom. The second-order valence-electron chi connectivity index (χ2n) is 13.0. The molecule has 0 aliphatic heterocycles. The molecule has 0 aliphatic carbocycles. The van der Waals surface area contributed by atoms with E-state index < -0.39 is 0 Å². The molecule has 0 atom stereocenters. The van der Waals surface area contributed by atoms with Crippen molar-refractivity contribution in [1.29, 1.82) is 0 Å². The van der Waals surface area contributed by atoms with Gasteiger partial charge >= 0.3 is 0 Å². The van der Waals surface area contributed by atoms with Gasteiger partial charge in [0.25, 0.3) is 0 Å². The van der Waals surface area contributed by atoms with E-state index in [4.69, 9.17) is 19.9 Å². The van der Waals surface area contributed by atoms with E-state index >= 15 is 0 Å². The summed E-state index contributed by atoms with van der Waals surface area (Å²) in [6, 6.07) is 63.3. The summed E-state index contributed by atoms with van der Waals surface area (Å²) in [6.45, 7) is 0. The van der Waals surface area contributed by atoms with E-state index in [1.165, 1.54) is 26.9 Å². The Kier molecular flexibility index (Phi) is 7.10. The molecule has 4 nitrogen and oxygen atoms in total. The standard InChI is InChI=1S/C48H30N4/c1-4-15-31(16-5-1)34-27-28-41-42(30-34)49-45(44-40-26-13-11-24-38(40)37-23-10-12-25-39(37)43(41)44)35-21-14-22-36(29-35)48-51-46(32-17-6-2-7-18-32)50-47(52-48)33-19-8-3-9-20-33/h1-30H. The smallest absolute Gasteiger partial charge is 0.164 e. The van der Waals surface area contributed by atoms with Crippen molar-refractivity contribution in [3.63, 3.8) is 0 Å². The quantitative estimate of drug-likeness (QED) is 0.172. The van der Waals surface area contributed by atoms with Gasteiger partial charge in [-0.15, -0.1) is 0 Å². The van der Waals surface area contributed by atoms with Gasteiger partial charge in [-0.25, -0.2) is 19.9 Å². The monoisotopic (exact) mass is 662 g/mol. The van der Waals surface area contributed by atoms with Crippen LogP contribution < -0.4 is 0 Å². The van der Waals surface area contributed by atoms with Gasteiger partial charge in [-0.2, -0.15) is 0 Å². The first kappa shape index (κ1) is 29.8. The van der Waals surface area contributed by atoms with Gasteiger partial charge in [0.15, 0.2) is 17.5 Å². The molecule has 0 bridgehead atoms. The Morgan fingerprint density at radius 1 is 0.250 bits per heavy atom. The Morgan fingerprint density at radius 2 is 0.712 bits per heavy atom. The number of rotatable bonds is 5. The van der Waals surface area contributed by atoms with Crippen LogP contribution in [0.25, 0.3) is 99.8 Å². The van der Waals surface area contributed by atoms with Crippen LogP contribution in [0.15, 0.2) is 182 Å². The van der Waals surface area contributed by atoms with E-state index in [2.05, 4.69) is 121 Å². The minimum atomic E-state index is 0.612. The van der Waals surface area contributed by atoms with Crippen molar-refractivity contribution in [2.24, 2.45) is 0 Å². The third-order valence-corrected chi connectivity index (χ3v) is 9.87. The highest BCUT2D eigenvalue weighted by Crippen LogP contribution is 2.43. The van der Waals surface area contributed by atoms with E-state index in [0.29, 0.717) is 17.5 Å². The summed E-state index contributed by atoms with van der Waals surface area (Å²) in [7, 11) is 0. The van der Waals surface area contributed by atoms with Gasteiger partial charge in [-0.3, -0.25) is 0 Å². The van der Waals surface area contributed by atoms with Crippen molar-refractivity contribution in [3.8, 4) is 56.5 Å². The van der Waals surface area contributed by atoms with Crippen molar-refractivity contribution in [1.82, 2.24) is 19.9 Å². The van der Waals surface area contributed by atoms with Crippen molar-refractivity contribution >= 4 is 43.2 Å². The molecular formula is C48H30N4.